The lowest BCUT2D eigenvalue weighted by Crippen LogP contribution is -2.14. The molecule has 3 nitrogen and oxygen atoms in total. The summed E-state index contributed by atoms with van der Waals surface area (Å²) >= 11 is 3.55. The van der Waals surface area contributed by atoms with E-state index in [1.54, 1.807) is 0 Å². The first-order valence-corrected chi connectivity index (χ1v) is 4.82. The van der Waals surface area contributed by atoms with Crippen molar-refractivity contribution in [3.63, 3.8) is 0 Å². The molecule has 0 saturated carbocycles. The SMILES string of the molecule is CCCCCCCOC(=O)NS. The molecule has 1 N–H and O–H groups in total. The summed E-state index contributed by atoms with van der Waals surface area (Å²) in [6, 6.07) is 0. The maximum atomic E-state index is 10.5. The largest absolute Gasteiger partial charge is 0.449 e. The third-order valence-electron chi connectivity index (χ3n) is 1.57. The van der Waals surface area contributed by atoms with Crippen molar-refractivity contribution in [2.75, 3.05) is 6.61 Å². The van der Waals surface area contributed by atoms with Crippen LogP contribution in [0.3, 0.4) is 0 Å². The molecular formula is C8H17NO2S. The second-order valence-electron chi connectivity index (χ2n) is 2.66. The molecule has 0 radical (unpaired) electrons. The van der Waals surface area contributed by atoms with E-state index in [0.29, 0.717) is 6.61 Å². The Kier molecular flexibility index (Phi) is 8.44. The molecule has 0 heterocycles. The Hall–Kier alpha value is -0.380. The molecule has 0 saturated heterocycles. The first kappa shape index (κ1) is 11.6. The molecule has 0 spiro atoms. The molecule has 12 heavy (non-hydrogen) atoms. The summed E-state index contributed by atoms with van der Waals surface area (Å²) < 4.78 is 6.85. The molecule has 0 aliphatic carbocycles. The molecule has 4 heteroatoms. The molecule has 0 atom stereocenters. The fourth-order valence-corrected chi connectivity index (χ4v) is 0.967. The molecule has 0 aliphatic heterocycles. The fourth-order valence-electron chi connectivity index (χ4n) is 0.903. The van der Waals surface area contributed by atoms with Gasteiger partial charge in [-0.3, -0.25) is 4.72 Å². The van der Waals surface area contributed by atoms with E-state index < -0.39 is 6.09 Å². The third kappa shape index (κ3) is 7.72. The predicted octanol–water partition coefficient (Wildman–Crippen LogP) is 2.53. The Labute approximate surface area is 79.4 Å². The monoisotopic (exact) mass is 191 g/mol. The smallest absolute Gasteiger partial charge is 0.417 e. The lowest BCUT2D eigenvalue weighted by atomic mass is 10.2. The fraction of sp³-hybridized carbons (Fsp3) is 0.875. The standard InChI is InChI=1S/C8H17NO2S/c1-2-3-4-5-6-7-11-8(10)9-12/h12H,2-7H2,1H3,(H,9,10). The predicted molar refractivity (Wildman–Crippen MR) is 52.2 cm³/mol. The van der Waals surface area contributed by atoms with Crippen LogP contribution >= 0.6 is 12.8 Å². The molecule has 0 aromatic rings. The van der Waals surface area contributed by atoms with Crippen molar-refractivity contribution >= 4 is 18.9 Å². The van der Waals surface area contributed by atoms with Crippen LogP contribution < -0.4 is 4.72 Å². The van der Waals surface area contributed by atoms with Crippen molar-refractivity contribution in [1.29, 1.82) is 0 Å². The second-order valence-corrected chi connectivity index (χ2v) is 2.89. The van der Waals surface area contributed by atoms with Crippen LogP contribution in [-0.2, 0) is 4.74 Å². The first-order valence-electron chi connectivity index (χ1n) is 4.38. The van der Waals surface area contributed by atoms with Crippen LogP contribution in [0.25, 0.3) is 0 Å². The summed E-state index contributed by atoms with van der Waals surface area (Å²) in [5.41, 5.74) is 0. The normalized spacial score (nSPS) is 9.50. The van der Waals surface area contributed by atoms with E-state index in [4.69, 9.17) is 4.74 Å². The minimum atomic E-state index is -0.464. The number of unbranched alkanes of at least 4 members (excludes halogenated alkanes) is 4. The van der Waals surface area contributed by atoms with Crippen LogP contribution in [0.5, 0.6) is 0 Å². The number of carbonyl (C=O) groups excluding carboxylic acids is 1. The highest BCUT2D eigenvalue weighted by Gasteiger charge is 1.96. The van der Waals surface area contributed by atoms with Gasteiger partial charge in [-0.1, -0.05) is 45.4 Å². The van der Waals surface area contributed by atoms with Gasteiger partial charge in [-0.05, 0) is 6.42 Å². The van der Waals surface area contributed by atoms with Crippen LogP contribution in [0.15, 0.2) is 0 Å². The summed E-state index contributed by atoms with van der Waals surface area (Å²) in [5.74, 6) is 0. The number of thiol groups is 1. The molecule has 72 valence electrons. The number of rotatable bonds is 6. The minimum absolute atomic E-state index is 0.464. The number of ether oxygens (including phenoxy) is 1. The van der Waals surface area contributed by atoms with Crippen molar-refractivity contribution in [2.45, 2.75) is 39.0 Å². The van der Waals surface area contributed by atoms with Crippen molar-refractivity contribution in [2.24, 2.45) is 0 Å². The van der Waals surface area contributed by atoms with Crippen LogP contribution in [0, 0.1) is 0 Å². The summed E-state index contributed by atoms with van der Waals surface area (Å²) in [5, 5.41) is 0. The second kappa shape index (κ2) is 8.71. The zero-order chi connectivity index (χ0) is 9.23. The molecular weight excluding hydrogens is 174 g/mol. The van der Waals surface area contributed by atoms with E-state index in [0.717, 1.165) is 12.8 Å². The molecule has 0 unspecified atom stereocenters. The number of hydrogen-bond donors (Lipinski definition) is 2. The van der Waals surface area contributed by atoms with Gasteiger partial charge in [0.2, 0.25) is 0 Å². The van der Waals surface area contributed by atoms with Gasteiger partial charge in [0.15, 0.2) is 0 Å². The van der Waals surface area contributed by atoms with E-state index in [1.807, 2.05) is 0 Å². The molecule has 0 fully saturated rings. The highest BCUT2D eigenvalue weighted by atomic mass is 32.1. The zero-order valence-electron chi connectivity index (χ0n) is 7.51. The van der Waals surface area contributed by atoms with E-state index >= 15 is 0 Å². The lowest BCUT2D eigenvalue weighted by molar-refractivity contribution is 0.151. The van der Waals surface area contributed by atoms with Gasteiger partial charge in [0.1, 0.15) is 0 Å². The highest BCUT2D eigenvalue weighted by molar-refractivity contribution is 7.78. The van der Waals surface area contributed by atoms with E-state index in [1.165, 1.54) is 19.3 Å². The number of hydrogen-bond acceptors (Lipinski definition) is 3. The van der Waals surface area contributed by atoms with Crippen molar-refractivity contribution in [3.8, 4) is 0 Å². The van der Waals surface area contributed by atoms with E-state index in [9.17, 15) is 4.79 Å². The van der Waals surface area contributed by atoms with Gasteiger partial charge in [0.25, 0.3) is 0 Å². The van der Waals surface area contributed by atoms with Gasteiger partial charge in [0.05, 0.1) is 6.61 Å². The summed E-state index contributed by atoms with van der Waals surface area (Å²) in [6.07, 6.45) is 5.34. The van der Waals surface area contributed by atoms with Gasteiger partial charge in [-0.25, -0.2) is 4.79 Å². The minimum Gasteiger partial charge on any atom is -0.449 e. The van der Waals surface area contributed by atoms with E-state index in [-0.39, 0.29) is 0 Å². The van der Waals surface area contributed by atoms with Crippen molar-refractivity contribution in [3.05, 3.63) is 0 Å². The Morgan fingerprint density at radius 3 is 2.58 bits per heavy atom. The van der Waals surface area contributed by atoms with E-state index in [2.05, 4.69) is 24.5 Å². The van der Waals surface area contributed by atoms with Gasteiger partial charge in [0, 0.05) is 0 Å². The molecule has 0 rings (SSSR count). The third-order valence-corrected chi connectivity index (χ3v) is 1.75. The van der Waals surface area contributed by atoms with Crippen LogP contribution in [0.2, 0.25) is 0 Å². The Morgan fingerprint density at radius 2 is 2.00 bits per heavy atom. The summed E-state index contributed by atoms with van der Waals surface area (Å²) in [7, 11) is 0. The van der Waals surface area contributed by atoms with Gasteiger partial charge >= 0.3 is 6.09 Å². The topological polar surface area (TPSA) is 38.3 Å². The highest BCUT2D eigenvalue weighted by Crippen LogP contribution is 2.02. The van der Waals surface area contributed by atoms with Gasteiger partial charge in [-0.2, -0.15) is 0 Å². The van der Waals surface area contributed by atoms with Crippen LogP contribution in [-0.4, -0.2) is 12.7 Å². The average molecular weight is 191 g/mol. The molecule has 0 bridgehead atoms. The van der Waals surface area contributed by atoms with Crippen molar-refractivity contribution < 1.29 is 9.53 Å². The number of amides is 1. The van der Waals surface area contributed by atoms with Crippen LogP contribution in [0.1, 0.15) is 39.0 Å². The van der Waals surface area contributed by atoms with Gasteiger partial charge < -0.3 is 4.74 Å². The summed E-state index contributed by atoms with van der Waals surface area (Å²) in [6.45, 7) is 2.67. The Morgan fingerprint density at radius 1 is 1.33 bits per heavy atom. The van der Waals surface area contributed by atoms with Crippen molar-refractivity contribution in [1.82, 2.24) is 4.72 Å². The molecule has 0 aliphatic rings. The quantitative estimate of drug-likeness (QED) is 0.500. The molecule has 0 aromatic carbocycles. The Bertz CT molecular complexity index is 120. The van der Waals surface area contributed by atoms with Crippen LogP contribution in [0.4, 0.5) is 4.79 Å². The maximum Gasteiger partial charge on any atom is 0.417 e. The number of nitrogens with one attached hydrogen (secondary N) is 1. The zero-order valence-corrected chi connectivity index (χ0v) is 8.40. The lowest BCUT2D eigenvalue weighted by Gasteiger charge is -2.02. The first-order chi connectivity index (χ1) is 5.81. The molecule has 0 aromatic heterocycles. The summed E-state index contributed by atoms with van der Waals surface area (Å²) in [4.78, 5) is 10.5. The Balaban J connectivity index is 2.95. The maximum absolute atomic E-state index is 10.5. The number of carbonyl (C=O) groups is 1. The molecule has 1 amide bonds. The van der Waals surface area contributed by atoms with Gasteiger partial charge in [-0.15, -0.1) is 0 Å². The average Bonchev–Trinajstić information content (AvgIpc) is 2.10.